The van der Waals surface area contributed by atoms with E-state index in [2.05, 4.69) is 0 Å². The highest BCUT2D eigenvalue weighted by Crippen LogP contribution is 2.21. The van der Waals surface area contributed by atoms with Crippen LogP contribution >= 0.6 is 11.8 Å². The van der Waals surface area contributed by atoms with Crippen molar-refractivity contribution in [2.75, 3.05) is 18.2 Å². The minimum Gasteiger partial charge on any atom is -0.478 e. The van der Waals surface area contributed by atoms with E-state index in [1.165, 1.54) is 0 Å². The van der Waals surface area contributed by atoms with Crippen LogP contribution in [0.1, 0.15) is 15.9 Å². The Bertz CT molecular complexity index is 753. The molecule has 0 saturated carbocycles. The number of carbonyl (C=O) groups excluding carboxylic acids is 1. The molecule has 5 nitrogen and oxygen atoms in total. The number of carbonyl (C=O) groups is 2. The predicted octanol–water partition coefficient (Wildman–Crippen LogP) is 2.45. The lowest BCUT2D eigenvalue weighted by Crippen LogP contribution is -2.43. The summed E-state index contributed by atoms with van der Waals surface area (Å²) in [5.74, 6) is 0.793. The average Bonchev–Trinajstić information content (AvgIpc) is 3.16. The maximum atomic E-state index is 12.3. The van der Waals surface area contributed by atoms with Crippen molar-refractivity contribution in [1.29, 1.82) is 0 Å². The molecule has 1 fully saturated rings. The summed E-state index contributed by atoms with van der Waals surface area (Å²) in [6, 6.07) is 14.1. The van der Waals surface area contributed by atoms with Gasteiger partial charge in [0.05, 0.1) is 17.5 Å². The molecule has 1 atom stereocenters. The van der Waals surface area contributed by atoms with Gasteiger partial charge < -0.3 is 15.7 Å². The van der Waals surface area contributed by atoms with Crippen LogP contribution in [0.25, 0.3) is 11.1 Å². The smallest absolute Gasteiger partial charge is 0.335 e. The fraction of sp³-hybridized carbons (Fsp3) is 0.263. The Kier molecular flexibility index (Phi) is 5.40. The van der Waals surface area contributed by atoms with Crippen LogP contribution in [-0.2, 0) is 11.2 Å². The minimum atomic E-state index is -0.933. The Hall–Kier alpha value is -2.31. The van der Waals surface area contributed by atoms with Gasteiger partial charge in [0.15, 0.2) is 0 Å². The molecule has 1 heterocycles. The monoisotopic (exact) mass is 356 g/mol. The second-order valence-electron chi connectivity index (χ2n) is 6.03. The molecule has 1 aliphatic heterocycles. The Balaban J connectivity index is 1.65. The summed E-state index contributed by atoms with van der Waals surface area (Å²) < 4.78 is 0. The molecule has 25 heavy (non-hydrogen) atoms. The molecule has 1 saturated heterocycles. The first-order chi connectivity index (χ1) is 12.0. The maximum Gasteiger partial charge on any atom is 0.335 e. The fourth-order valence-corrected chi connectivity index (χ4v) is 3.76. The van der Waals surface area contributed by atoms with Crippen molar-refractivity contribution in [2.24, 2.45) is 5.73 Å². The number of benzene rings is 2. The van der Waals surface area contributed by atoms with Crippen molar-refractivity contribution in [3.05, 3.63) is 59.7 Å². The third-order valence-electron chi connectivity index (χ3n) is 4.26. The van der Waals surface area contributed by atoms with Crippen molar-refractivity contribution < 1.29 is 14.7 Å². The normalized spacial score (nSPS) is 15.2. The summed E-state index contributed by atoms with van der Waals surface area (Å²) in [6.07, 6.45) is 0.512. The summed E-state index contributed by atoms with van der Waals surface area (Å²) in [6.45, 7) is 0.780. The molecule has 0 aromatic heterocycles. The van der Waals surface area contributed by atoms with Gasteiger partial charge in [0, 0.05) is 12.3 Å². The molecule has 1 aliphatic rings. The minimum absolute atomic E-state index is 0.0123. The number of hydrogen-bond acceptors (Lipinski definition) is 4. The van der Waals surface area contributed by atoms with Gasteiger partial charge in [-0.05, 0) is 35.2 Å². The second-order valence-corrected chi connectivity index (χ2v) is 7.10. The van der Waals surface area contributed by atoms with E-state index in [0.717, 1.165) is 34.9 Å². The first kappa shape index (κ1) is 17.5. The molecule has 0 spiro atoms. The Morgan fingerprint density at radius 3 is 2.20 bits per heavy atom. The number of nitrogens with zero attached hydrogens (tertiary/aromatic N) is 1. The van der Waals surface area contributed by atoms with Crippen LogP contribution < -0.4 is 5.73 Å². The summed E-state index contributed by atoms with van der Waals surface area (Å²) in [5, 5.41) is 8.95. The van der Waals surface area contributed by atoms with Crippen LogP contribution in [0, 0.1) is 0 Å². The van der Waals surface area contributed by atoms with Crippen LogP contribution in [0.3, 0.4) is 0 Å². The third kappa shape index (κ3) is 4.21. The number of carboxylic acid groups (broad SMARTS) is 1. The van der Waals surface area contributed by atoms with E-state index >= 15 is 0 Å². The van der Waals surface area contributed by atoms with Gasteiger partial charge in [-0.25, -0.2) is 4.79 Å². The number of amides is 1. The largest absolute Gasteiger partial charge is 0.478 e. The second kappa shape index (κ2) is 7.72. The molecule has 0 aliphatic carbocycles. The number of thioether (sulfide) groups is 1. The SMILES string of the molecule is N[C@@H](Cc1ccc(-c2ccc(C(=O)O)cc2)cc1)C(=O)N1CCSC1. The van der Waals surface area contributed by atoms with E-state index in [9.17, 15) is 9.59 Å². The fourth-order valence-electron chi connectivity index (χ4n) is 2.80. The van der Waals surface area contributed by atoms with Crippen LogP contribution in [0.4, 0.5) is 0 Å². The zero-order valence-corrected chi connectivity index (χ0v) is 14.5. The molecule has 0 bridgehead atoms. The van der Waals surface area contributed by atoms with Crippen LogP contribution in [0.15, 0.2) is 48.5 Å². The molecule has 0 radical (unpaired) electrons. The van der Waals surface area contributed by atoms with Gasteiger partial charge in [0.25, 0.3) is 0 Å². The Labute approximate surface area is 150 Å². The highest BCUT2D eigenvalue weighted by Gasteiger charge is 2.24. The van der Waals surface area contributed by atoms with Gasteiger partial charge in [-0.3, -0.25) is 4.79 Å². The molecule has 3 N–H and O–H groups in total. The van der Waals surface area contributed by atoms with E-state index < -0.39 is 12.0 Å². The lowest BCUT2D eigenvalue weighted by molar-refractivity contribution is -0.131. The molecule has 0 unspecified atom stereocenters. The predicted molar refractivity (Wildman–Crippen MR) is 99.6 cm³/mol. The van der Waals surface area contributed by atoms with E-state index in [4.69, 9.17) is 10.8 Å². The quantitative estimate of drug-likeness (QED) is 0.860. The van der Waals surface area contributed by atoms with Crippen LogP contribution in [0.5, 0.6) is 0 Å². The number of hydrogen-bond donors (Lipinski definition) is 2. The zero-order valence-electron chi connectivity index (χ0n) is 13.7. The van der Waals surface area contributed by atoms with Gasteiger partial charge in [-0.15, -0.1) is 11.8 Å². The van der Waals surface area contributed by atoms with Gasteiger partial charge >= 0.3 is 5.97 Å². The Morgan fingerprint density at radius 2 is 1.68 bits per heavy atom. The molecule has 6 heteroatoms. The number of rotatable bonds is 5. The summed E-state index contributed by atoms with van der Waals surface area (Å²) >= 11 is 1.75. The van der Waals surface area contributed by atoms with Crippen LogP contribution in [-0.4, -0.2) is 46.1 Å². The summed E-state index contributed by atoms with van der Waals surface area (Å²) in [4.78, 5) is 25.0. The molecular formula is C19H20N2O3S. The molecular weight excluding hydrogens is 336 g/mol. The van der Waals surface area contributed by atoms with Crippen molar-refractivity contribution in [3.8, 4) is 11.1 Å². The molecule has 130 valence electrons. The molecule has 2 aromatic rings. The first-order valence-electron chi connectivity index (χ1n) is 8.09. The lowest BCUT2D eigenvalue weighted by Gasteiger charge is -2.19. The first-order valence-corrected chi connectivity index (χ1v) is 9.25. The number of aromatic carboxylic acids is 1. The van der Waals surface area contributed by atoms with Crippen molar-refractivity contribution >= 4 is 23.6 Å². The topological polar surface area (TPSA) is 83.6 Å². The lowest BCUT2D eigenvalue weighted by atomic mass is 10.00. The highest BCUT2D eigenvalue weighted by molar-refractivity contribution is 7.99. The van der Waals surface area contributed by atoms with Gasteiger partial charge in [-0.2, -0.15) is 0 Å². The number of carboxylic acids is 1. The van der Waals surface area contributed by atoms with Gasteiger partial charge in [0.1, 0.15) is 0 Å². The molecule has 2 aromatic carbocycles. The highest BCUT2D eigenvalue weighted by atomic mass is 32.2. The van der Waals surface area contributed by atoms with Crippen LogP contribution in [0.2, 0.25) is 0 Å². The van der Waals surface area contributed by atoms with Crippen molar-refractivity contribution in [3.63, 3.8) is 0 Å². The van der Waals surface area contributed by atoms with E-state index in [0.29, 0.717) is 6.42 Å². The van der Waals surface area contributed by atoms with Crippen molar-refractivity contribution in [1.82, 2.24) is 4.90 Å². The van der Waals surface area contributed by atoms with Crippen molar-refractivity contribution in [2.45, 2.75) is 12.5 Å². The molecule has 3 rings (SSSR count). The van der Waals surface area contributed by atoms with E-state index in [1.54, 1.807) is 36.0 Å². The standard InChI is InChI=1S/C19H20N2O3S/c20-17(18(22)21-9-10-25-12-21)11-13-1-3-14(4-2-13)15-5-7-16(8-6-15)19(23)24/h1-8,17H,9-12,20H2,(H,23,24)/t17-/m0/s1. The zero-order chi connectivity index (χ0) is 17.8. The third-order valence-corrected chi connectivity index (χ3v) is 5.22. The average molecular weight is 356 g/mol. The van der Waals surface area contributed by atoms with E-state index in [1.807, 2.05) is 29.2 Å². The summed E-state index contributed by atoms with van der Waals surface area (Å²) in [7, 11) is 0. The molecule has 1 amide bonds. The summed E-state index contributed by atoms with van der Waals surface area (Å²) in [5.41, 5.74) is 9.29. The Morgan fingerprint density at radius 1 is 1.08 bits per heavy atom. The maximum absolute atomic E-state index is 12.3. The number of nitrogens with two attached hydrogens (primary N) is 1. The van der Waals surface area contributed by atoms with Gasteiger partial charge in [-0.1, -0.05) is 36.4 Å². The van der Waals surface area contributed by atoms with E-state index in [-0.39, 0.29) is 11.5 Å². The van der Waals surface area contributed by atoms with Gasteiger partial charge in [0.2, 0.25) is 5.91 Å².